The molecular formula is C16H34N2O. The first-order valence-corrected chi connectivity index (χ1v) is 7.95. The van der Waals surface area contributed by atoms with Crippen LogP contribution in [0.5, 0.6) is 0 Å². The van der Waals surface area contributed by atoms with Crippen molar-refractivity contribution in [1.82, 2.24) is 10.2 Å². The third-order valence-corrected chi connectivity index (χ3v) is 3.91. The van der Waals surface area contributed by atoms with Crippen LogP contribution in [0.4, 0.5) is 0 Å². The Morgan fingerprint density at radius 1 is 1.37 bits per heavy atom. The largest absolute Gasteiger partial charge is 0.381 e. The molecule has 1 heterocycles. The fourth-order valence-electron chi connectivity index (χ4n) is 2.74. The number of hydrogen-bond acceptors (Lipinski definition) is 3. The molecule has 19 heavy (non-hydrogen) atoms. The van der Waals surface area contributed by atoms with Crippen LogP contribution in [0.1, 0.15) is 53.4 Å². The second-order valence-corrected chi connectivity index (χ2v) is 7.10. The molecule has 2 atom stereocenters. The highest BCUT2D eigenvalue weighted by molar-refractivity contribution is 4.79. The second-order valence-electron chi connectivity index (χ2n) is 7.10. The van der Waals surface area contributed by atoms with Crippen molar-refractivity contribution in [3.8, 4) is 0 Å². The molecule has 0 aromatic rings. The summed E-state index contributed by atoms with van der Waals surface area (Å²) in [6.07, 6.45) is 5.09. The summed E-state index contributed by atoms with van der Waals surface area (Å²) in [4.78, 5) is 2.54. The van der Waals surface area contributed by atoms with Gasteiger partial charge in [0.05, 0.1) is 6.61 Å². The third kappa shape index (κ3) is 7.28. The van der Waals surface area contributed by atoms with Gasteiger partial charge in [0.25, 0.3) is 0 Å². The topological polar surface area (TPSA) is 24.5 Å². The first-order chi connectivity index (χ1) is 8.92. The highest BCUT2D eigenvalue weighted by Crippen LogP contribution is 2.17. The molecule has 0 aromatic heterocycles. The fraction of sp³-hybridized carbons (Fsp3) is 1.00. The number of nitrogens with zero attached hydrogens (tertiary/aromatic N) is 1. The molecular weight excluding hydrogens is 236 g/mol. The molecule has 1 rings (SSSR count). The maximum absolute atomic E-state index is 5.59. The number of hydrogen-bond donors (Lipinski definition) is 1. The van der Waals surface area contributed by atoms with Crippen molar-refractivity contribution in [3.05, 3.63) is 0 Å². The van der Waals surface area contributed by atoms with Gasteiger partial charge in [-0.15, -0.1) is 0 Å². The van der Waals surface area contributed by atoms with E-state index in [0.717, 1.165) is 25.7 Å². The Labute approximate surface area is 120 Å². The van der Waals surface area contributed by atoms with Crippen molar-refractivity contribution in [1.29, 1.82) is 0 Å². The number of rotatable bonds is 7. The van der Waals surface area contributed by atoms with Crippen LogP contribution in [0.15, 0.2) is 0 Å². The maximum Gasteiger partial charge on any atom is 0.0506 e. The van der Waals surface area contributed by atoms with Gasteiger partial charge >= 0.3 is 0 Å². The quantitative estimate of drug-likeness (QED) is 0.770. The Morgan fingerprint density at radius 3 is 2.63 bits per heavy atom. The van der Waals surface area contributed by atoms with E-state index in [2.05, 4.69) is 45.0 Å². The lowest BCUT2D eigenvalue weighted by atomic mass is 10.00. The Hall–Kier alpha value is -0.120. The normalized spacial score (nSPS) is 22.7. The molecule has 0 radical (unpaired) electrons. The minimum absolute atomic E-state index is 0.209. The van der Waals surface area contributed by atoms with Crippen LogP contribution in [0.25, 0.3) is 0 Å². The molecule has 114 valence electrons. The molecule has 1 fully saturated rings. The minimum Gasteiger partial charge on any atom is -0.381 e. The molecule has 0 amide bonds. The minimum atomic E-state index is 0.209. The predicted molar refractivity (Wildman–Crippen MR) is 82.6 cm³/mol. The van der Waals surface area contributed by atoms with Crippen LogP contribution in [-0.4, -0.2) is 49.8 Å². The van der Waals surface area contributed by atoms with Crippen LogP contribution in [0, 0.1) is 5.92 Å². The highest BCUT2D eigenvalue weighted by Gasteiger charge is 2.21. The summed E-state index contributed by atoms with van der Waals surface area (Å²) in [6.45, 7) is 13.2. The zero-order valence-electron chi connectivity index (χ0n) is 13.7. The number of nitrogens with one attached hydrogen (secondary N) is 1. The summed E-state index contributed by atoms with van der Waals surface area (Å²) in [5.74, 6) is 0.729. The van der Waals surface area contributed by atoms with E-state index in [1.807, 2.05) is 0 Å². The predicted octanol–water partition coefficient (Wildman–Crippen LogP) is 2.90. The maximum atomic E-state index is 5.59. The van der Waals surface area contributed by atoms with Crippen molar-refractivity contribution in [2.45, 2.75) is 65.0 Å². The van der Waals surface area contributed by atoms with Crippen molar-refractivity contribution >= 4 is 0 Å². The Kier molecular flexibility index (Phi) is 7.33. The van der Waals surface area contributed by atoms with Crippen molar-refractivity contribution in [2.75, 3.05) is 33.4 Å². The van der Waals surface area contributed by atoms with E-state index < -0.39 is 0 Å². The Bertz CT molecular complexity index is 231. The molecule has 0 aliphatic carbocycles. The standard InChI is InChI=1S/C16H34N2O/c1-6-8-15(11-17-16(2,3)4)18(5)12-14-9-7-10-19-13-14/h14-15,17H,6-13H2,1-5H3. The zero-order chi connectivity index (χ0) is 14.3. The molecule has 0 saturated carbocycles. The Balaban J connectivity index is 2.39. The van der Waals surface area contributed by atoms with E-state index in [0.29, 0.717) is 6.04 Å². The summed E-state index contributed by atoms with van der Waals surface area (Å²) in [7, 11) is 2.28. The van der Waals surface area contributed by atoms with Gasteiger partial charge < -0.3 is 15.0 Å². The summed E-state index contributed by atoms with van der Waals surface area (Å²) in [5.41, 5.74) is 0.209. The smallest absolute Gasteiger partial charge is 0.0506 e. The molecule has 0 spiro atoms. The van der Waals surface area contributed by atoms with Gasteiger partial charge in [-0.05, 0) is 53.0 Å². The van der Waals surface area contributed by atoms with Gasteiger partial charge in [0.2, 0.25) is 0 Å². The average molecular weight is 270 g/mol. The van der Waals surface area contributed by atoms with Gasteiger partial charge in [-0.25, -0.2) is 0 Å². The van der Waals surface area contributed by atoms with Crippen molar-refractivity contribution in [2.24, 2.45) is 5.92 Å². The molecule has 0 aromatic carbocycles. The van der Waals surface area contributed by atoms with E-state index in [1.54, 1.807) is 0 Å². The SMILES string of the molecule is CCCC(CNC(C)(C)C)N(C)CC1CCCOC1. The van der Waals surface area contributed by atoms with Crippen LogP contribution < -0.4 is 5.32 Å². The van der Waals surface area contributed by atoms with E-state index in [4.69, 9.17) is 4.74 Å². The third-order valence-electron chi connectivity index (χ3n) is 3.91. The van der Waals surface area contributed by atoms with E-state index in [1.165, 1.54) is 32.2 Å². The van der Waals surface area contributed by atoms with Gasteiger partial charge in [-0.3, -0.25) is 0 Å². The number of ether oxygens (including phenoxy) is 1. The lowest BCUT2D eigenvalue weighted by molar-refractivity contribution is 0.0350. The summed E-state index contributed by atoms with van der Waals surface area (Å²) in [6, 6.07) is 0.645. The van der Waals surface area contributed by atoms with Gasteiger partial charge in [0.1, 0.15) is 0 Å². The number of likely N-dealkylation sites (N-methyl/N-ethyl adjacent to an activating group) is 1. The fourth-order valence-corrected chi connectivity index (χ4v) is 2.74. The molecule has 1 N–H and O–H groups in total. The van der Waals surface area contributed by atoms with Gasteiger partial charge in [0, 0.05) is 31.3 Å². The molecule has 0 bridgehead atoms. The Morgan fingerprint density at radius 2 is 2.11 bits per heavy atom. The molecule has 3 nitrogen and oxygen atoms in total. The van der Waals surface area contributed by atoms with Crippen molar-refractivity contribution < 1.29 is 4.74 Å². The summed E-state index contributed by atoms with van der Waals surface area (Å²) < 4.78 is 5.59. The van der Waals surface area contributed by atoms with Gasteiger partial charge in [0.15, 0.2) is 0 Å². The summed E-state index contributed by atoms with van der Waals surface area (Å²) >= 11 is 0. The molecule has 1 aliphatic rings. The van der Waals surface area contributed by atoms with Crippen LogP contribution in [0.2, 0.25) is 0 Å². The molecule has 2 unspecified atom stereocenters. The van der Waals surface area contributed by atoms with Gasteiger partial charge in [-0.2, -0.15) is 0 Å². The average Bonchev–Trinajstić information content (AvgIpc) is 2.34. The first-order valence-electron chi connectivity index (χ1n) is 7.95. The zero-order valence-corrected chi connectivity index (χ0v) is 13.7. The lowest BCUT2D eigenvalue weighted by Crippen LogP contribution is -2.48. The molecule has 3 heteroatoms. The van der Waals surface area contributed by atoms with Crippen LogP contribution in [0.3, 0.4) is 0 Å². The molecule has 1 saturated heterocycles. The lowest BCUT2D eigenvalue weighted by Gasteiger charge is -2.34. The van der Waals surface area contributed by atoms with E-state index >= 15 is 0 Å². The molecule has 1 aliphatic heterocycles. The highest BCUT2D eigenvalue weighted by atomic mass is 16.5. The second kappa shape index (κ2) is 8.23. The monoisotopic (exact) mass is 270 g/mol. The van der Waals surface area contributed by atoms with Crippen LogP contribution >= 0.6 is 0 Å². The first kappa shape index (κ1) is 16.9. The van der Waals surface area contributed by atoms with Crippen molar-refractivity contribution in [3.63, 3.8) is 0 Å². The van der Waals surface area contributed by atoms with E-state index in [-0.39, 0.29) is 5.54 Å². The van der Waals surface area contributed by atoms with E-state index in [9.17, 15) is 0 Å². The van der Waals surface area contributed by atoms with Crippen LogP contribution in [-0.2, 0) is 4.74 Å². The summed E-state index contributed by atoms with van der Waals surface area (Å²) in [5, 5.41) is 3.65. The van der Waals surface area contributed by atoms with Gasteiger partial charge in [-0.1, -0.05) is 13.3 Å².